The van der Waals surface area contributed by atoms with Crippen LogP contribution in [-0.2, 0) is 13.6 Å². The molecular formula is C48H49N4O3P. The van der Waals surface area contributed by atoms with Gasteiger partial charge >= 0.3 is 7.60 Å². The number of aryl methyl sites for hydroxylation is 2. The third-order valence-electron chi connectivity index (χ3n) is 9.66. The van der Waals surface area contributed by atoms with Crippen LogP contribution in [0.4, 0.5) is 0 Å². The van der Waals surface area contributed by atoms with Crippen LogP contribution < -0.4 is 26.7 Å². The predicted octanol–water partition coefficient (Wildman–Crippen LogP) is 7.95. The van der Waals surface area contributed by atoms with E-state index in [0.717, 1.165) is 77.6 Å². The summed E-state index contributed by atoms with van der Waals surface area (Å²) in [6.45, 7) is 15.6. The van der Waals surface area contributed by atoms with Crippen LogP contribution in [0.25, 0.3) is 22.8 Å². The molecule has 0 saturated heterocycles. The Hall–Kier alpha value is -5.59. The van der Waals surface area contributed by atoms with Gasteiger partial charge < -0.3 is 19.9 Å². The highest BCUT2D eigenvalue weighted by Gasteiger charge is 2.37. The predicted molar refractivity (Wildman–Crippen MR) is 228 cm³/mol. The normalized spacial score (nSPS) is 13.6. The summed E-state index contributed by atoms with van der Waals surface area (Å²) in [5, 5.41) is 4.40. The van der Waals surface area contributed by atoms with Crippen LogP contribution in [0, 0.1) is 13.8 Å². The molecule has 8 heteroatoms. The summed E-state index contributed by atoms with van der Waals surface area (Å²) >= 11 is 0. The second-order valence-corrected chi connectivity index (χ2v) is 18.6. The molecule has 0 unspecified atom stereocenters. The average molecular weight is 761 g/mol. The van der Waals surface area contributed by atoms with Crippen LogP contribution in [0.2, 0.25) is 0 Å². The van der Waals surface area contributed by atoms with Gasteiger partial charge in [-0.25, -0.2) is 0 Å². The minimum atomic E-state index is -3.70. The molecule has 3 aromatic carbocycles. The van der Waals surface area contributed by atoms with E-state index in [1.54, 1.807) is 0 Å². The Kier molecular flexibility index (Phi) is 9.45. The van der Waals surface area contributed by atoms with Gasteiger partial charge in [0.2, 0.25) is 0 Å². The van der Waals surface area contributed by atoms with Gasteiger partial charge in [-0.3, -0.25) is 13.6 Å². The Bertz CT molecular complexity index is 2830. The first-order valence-electron chi connectivity index (χ1n) is 19.1. The van der Waals surface area contributed by atoms with Crippen molar-refractivity contribution in [2.24, 2.45) is 0 Å². The van der Waals surface area contributed by atoms with E-state index in [2.05, 4.69) is 137 Å². The average Bonchev–Trinajstić information content (AvgIpc) is 3.96. The molecule has 4 N–H and O–H groups in total. The first-order chi connectivity index (χ1) is 26.6. The molecule has 284 valence electrons. The summed E-state index contributed by atoms with van der Waals surface area (Å²) in [5.74, 6) is 0. The number of aromatic amines is 4. The van der Waals surface area contributed by atoms with E-state index in [9.17, 15) is 4.57 Å². The fraction of sp³-hybridized carbons (Fsp3) is 0.208. The molecule has 4 aromatic heterocycles. The minimum Gasteiger partial charge on any atom is -0.355 e. The topological polar surface area (TPSA) is 98.7 Å². The zero-order chi connectivity index (χ0) is 39.4. The molecule has 8 bridgehead atoms. The molecule has 7 nitrogen and oxygen atoms in total. The Labute approximate surface area is 328 Å². The molecule has 1 aliphatic heterocycles. The third-order valence-corrected chi connectivity index (χ3v) is 12.2. The number of rotatable bonds is 6. The Balaban J connectivity index is 1.40. The van der Waals surface area contributed by atoms with Gasteiger partial charge in [-0.15, -0.1) is 0 Å². The van der Waals surface area contributed by atoms with E-state index < -0.39 is 18.8 Å². The van der Waals surface area contributed by atoms with Gasteiger partial charge in [0.25, 0.3) is 0 Å². The van der Waals surface area contributed by atoms with Crippen molar-refractivity contribution in [2.75, 3.05) is 0 Å². The van der Waals surface area contributed by atoms with Crippen molar-refractivity contribution in [2.45, 2.75) is 66.6 Å². The lowest BCUT2D eigenvalue weighted by Gasteiger charge is -2.32. The van der Waals surface area contributed by atoms with E-state index in [1.807, 2.05) is 65.8 Å². The second kappa shape index (κ2) is 14.2. The molecule has 0 spiro atoms. The lowest BCUT2D eigenvalue weighted by atomic mass is 10.0. The lowest BCUT2D eigenvalue weighted by Crippen LogP contribution is -2.28. The number of hydrogen-bond donors (Lipinski definition) is 4. The van der Waals surface area contributed by atoms with Gasteiger partial charge in [0, 0.05) is 60.9 Å². The van der Waals surface area contributed by atoms with E-state index in [0.29, 0.717) is 5.30 Å². The summed E-state index contributed by atoms with van der Waals surface area (Å²) in [7, 11) is -3.70. The zero-order valence-corrected chi connectivity index (χ0v) is 34.2. The van der Waals surface area contributed by atoms with Crippen molar-refractivity contribution >= 4 is 35.7 Å². The van der Waals surface area contributed by atoms with Gasteiger partial charge in [-0.2, -0.15) is 0 Å². The summed E-state index contributed by atoms with van der Waals surface area (Å²) in [4.78, 5) is 15.0. The van der Waals surface area contributed by atoms with Gasteiger partial charge in [0.15, 0.2) is 0 Å². The lowest BCUT2D eigenvalue weighted by molar-refractivity contribution is 0.0548. The number of fused-ring (bicyclic) bond motifs is 8. The molecule has 0 aliphatic carbocycles. The first-order valence-corrected chi connectivity index (χ1v) is 20.7. The van der Waals surface area contributed by atoms with Crippen LogP contribution in [0.5, 0.6) is 0 Å². The molecule has 0 fully saturated rings. The van der Waals surface area contributed by atoms with Crippen LogP contribution in [-0.4, -0.2) is 31.1 Å². The number of aromatic nitrogens is 4. The smallest absolute Gasteiger partial charge is 0.355 e. The second-order valence-electron chi connectivity index (χ2n) is 16.7. The molecule has 5 heterocycles. The van der Waals surface area contributed by atoms with Gasteiger partial charge in [-0.05, 0) is 139 Å². The van der Waals surface area contributed by atoms with E-state index in [4.69, 9.17) is 9.05 Å². The highest BCUT2D eigenvalue weighted by atomic mass is 31.2. The fourth-order valence-electron chi connectivity index (χ4n) is 7.29. The standard InChI is InChI=1S/C48H49N4O3P/c1-30-9-13-32(14-10-30)44-38-23-19-35(49-38)29-36-20-24-39(50-36)45(33-15-11-31(2)12-16-33)41-26-28-43(52-41)46(42-27-25-40(44)51-42)34-17-21-37(22-18-34)56(53,54-47(3,4)5)55-48(6,7)8/h9-29,49-52H,1-8H3. The van der Waals surface area contributed by atoms with Crippen LogP contribution in [0.15, 0.2) is 121 Å². The first kappa shape index (κ1) is 37.3. The van der Waals surface area contributed by atoms with Gasteiger partial charge in [-0.1, -0.05) is 71.8 Å². The quantitative estimate of drug-likeness (QED) is 0.130. The van der Waals surface area contributed by atoms with Crippen LogP contribution >= 0.6 is 7.60 Å². The van der Waals surface area contributed by atoms with E-state index >= 15 is 0 Å². The third kappa shape index (κ3) is 7.76. The maximum Gasteiger partial charge on any atom is 0.362 e. The number of nitrogens with one attached hydrogen (secondary N) is 4. The molecule has 0 radical (unpaired) electrons. The van der Waals surface area contributed by atoms with Crippen LogP contribution in [0.3, 0.4) is 0 Å². The van der Waals surface area contributed by atoms with Crippen molar-refractivity contribution in [3.8, 4) is 0 Å². The van der Waals surface area contributed by atoms with E-state index in [-0.39, 0.29) is 0 Å². The molecule has 0 saturated carbocycles. The number of H-pyrrole nitrogens is 4. The molecule has 0 atom stereocenters. The highest BCUT2D eigenvalue weighted by Crippen LogP contribution is 2.53. The molecule has 1 aliphatic rings. The Morgan fingerprint density at radius 2 is 0.857 bits per heavy atom. The molecule has 7 aromatic rings. The molecule has 56 heavy (non-hydrogen) atoms. The summed E-state index contributed by atoms with van der Waals surface area (Å²) in [6.07, 6.45) is 2.14. The number of hydrogen-bond acceptors (Lipinski definition) is 3. The highest BCUT2D eigenvalue weighted by molar-refractivity contribution is 7.62. The molecule has 0 amide bonds. The zero-order valence-electron chi connectivity index (χ0n) is 33.3. The van der Waals surface area contributed by atoms with Crippen molar-refractivity contribution in [1.82, 2.24) is 19.9 Å². The molecular weight excluding hydrogens is 712 g/mol. The van der Waals surface area contributed by atoms with E-state index in [1.165, 1.54) is 11.1 Å². The largest absolute Gasteiger partial charge is 0.362 e. The summed E-state index contributed by atoms with van der Waals surface area (Å²) in [6, 6.07) is 42.1. The Morgan fingerprint density at radius 3 is 1.34 bits per heavy atom. The van der Waals surface area contributed by atoms with Crippen LogP contribution in [0.1, 0.15) is 92.1 Å². The van der Waals surface area contributed by atoms with Crippen molar-refractivity contribution < 1.29 is 13.6 Å². The van der Waals surface area contributed by atoms with Gasteiger partial charge in [0.1, 0.15) is 0 Å². The SMILES string of the molecule is Cc1ccc(C2=c3ccc([nH]3)=Cc3ccc([nH]3)C(c3ccc(C)cc3)=c3ccc([nH]3)=C(c3ccc(P(=O)(OC(C)(C)C)OC(C)(C)C)cc3)c3ccc2[nH]3)cc1. The van der Waals surface area contributed by atoms with Crippen molar-refractivity contribution in [3.05, 3.63) is 193 Å². The van der Waals surface area contributed by atoms with Gasteiger partial charge in [0.05, 0.1) is 16.5 Å². The minimum absolute atomic E-state index is 0.506. The van der Waals surface area contributed by atoms with Crippen molar-refractivity contribution in [1.29, 1.82) is 0 Å². The summed E-state index contributed by atoms with van der Waals surface area (Å²) in [5.41, 5.74) is 11.1. The maximum absolute atomic E-state index is 14.5. The fourth-order valence-corrected chi connectivity index (χ4v) is 9.49. The van der Waals surface area contributed by atoms with Crippen molar-refractivity contribution in [3.63, 3.8) is 0 Å². The summed E-state index contributed by atoms with van der Waals surface area (Å²) < 4.78 is 26.9. The Morgan fingerprint density at radius 1 is 0.446 bits per heavy atom. The maximum atomic E-state index is 14.5. The monoisotopic (exact) mass is 760 g/mol. The number of benzene rings is 3. The molecule has 8 rings (SSSR count).